The highest BCUT2D eigenvalue weighted by Crippen LogP contribution is 2.30. The molecular formula is C13H12N2O3S. The first kappa shape index (κ1) is 12.1. The van der Waals surface area contributed by atoms with Crippen LogP contribution in [0.2, 0.25) is 0 Å². The lowest BCUT2D eigenvalue weighted by atomic mass is 10.2. The van der Waals surface area contributed by atoms with E-state index < -0.39 is 6.10 Å². The topological polar surface area (TPSA) is 73.7 Å². The molecule has 98 valence electrons. The van der Waals surface area contributed by atoms with Crippen LogP contribution >= 0.6 is 11.3 Å². The van der Waals surface area contributed by atoms with E-state index in [1.165, 1.54) is 16.2 Å². The number of aliphatic hydroxyl groups excluding tert-OH is 1. The van der Waals surface area contributed by atoms with Crippen molar-refractivity contribution < 1.29 is 15.0 Å². The zero-order valence-corrected chi connectivity index (χ0v) is 10.8. The summed E-state index contributed by atoms with van der Waals surface area (Å²) in [4.78, 5) is 17.6. The number of amides is 1. The number of benzene rings is 1. The molecular weight excluding hydrogens is 264 g/mol. The van der Waals surface area contributed by atoms with Gasteiger partial charge in [0.05, 0.1) is 24.8 Å². The van der Waals surface area contributed by atoms with Crippen LogP contribution in [-0.4, -0.2) is 33.8 Å². The number of hydrogen-bond donors (Lipinski definition) is 2. The quantitative estimate of drug-likeness (QED) is 0.874. The Bertz CT molecular complexity index is 609. The van der Waals surface area contributed by atoms with E-state index in [4.69, 9.17) is 0 Å². The molecule has 1 aromatic carbocycles. The third kappa shape index (κ3) is 2.32. The maximum absolute atomic E-state index is 11.7. The van der Waals surface area contributed by atoms with Gasteiger partial charge in [-0.2, -0.15) is 0 Å². The van der Waals surface area contributed by atoms with Gasteiger partial charge < -0.3 is 10.2 Å². The second-order valence-electron chi connectivity index (χ2n) is 4.42. The van der Waals surface area contributed by atoms with E-state index >= 15 is 0 Å². The summed E-state index contributed by atoms with van der Waals surface area (Å²) in [6.45, 7) is 0.307. The van der Waals surface area contributed by atoms with Gasteiger partial charge in [-0.3, -0.25) is 9.69 Å². The molecule has 1 aromatic heterocycles. The van der Waals surface area contributed by atoms with Gasteiger partial charge in [0.25, 0.3) is 0 Å². The van der Waals surface area contributed by atoms with Gasteiger partial charge in [0, 0.05) is 10.9 Å². The number of aliphatic hydroxyl groups is 1. The van der Waals surface area contributed by atoms with Gasteiger partial charge in [-0.25, -0.2) is 4.98 Å². The van der Waals surface area contributed by atoms with Crippen LogP contribution in [0, 0.1) is 0 Å². The van der Waals surface area contributed by atoms with Crippen molar-refractivity contribution in [1.29, 1.82) is 0 Å². The van der Waals surface area contributed by atoms with E-state index in [1.54, 1.807) is 24.3 Å². The van der Waals surface area contributed by atoms with Crippen molar-refractivity contribution in [2.24, 2.45) is 0 Å². The molecule has 1 amide bonds. The van der Waals surface area contributed by atoms with Crippen LogP contribution in [0.5, 0.6) is 5.75 Å². The van der Waals surface area contributed by atoms with E-state index in [-0.39, 0.29) is 18.1 Å². The van der Waals surface area contributed by atoms with Crippen molar-refractivity contribution in [3.05, 3.63) is 29.6 Å². The summed E-state index contributed by atoms with van der Waals surface area (Å²) < 4.78 is 0. The number of rotatable bonds is 2. The highest BCUT2D eigenvalue weighted by Gasteiger charge is 2.30. The smallest absolute Gasteiger partial charge is 0.231 e. The van der Waals surface area contributed by atoms with Crippen molar-refractivity contribution in [1.82, 2.24) is 4.98 Å². The molecule has 1 saturated heterocycles. The molecule has 1 unspecified atom stereocenters. The number of aromatic hydroxyl groups is 1. The van der Waals surface area contributed by atoms with Crippen LogP contribution in [0.4, 0.5) is 5.13 Å². The summed E-state index contributed by atoms with van der Waals surface area (Å²) in [5.41, 5.74) is 1.64. The fourth-order valence-electron chi connectivity index (χ4n) is 2.03. The molecule has 1 aliphatic heterocycles. The average Bonchev–Trinajstić information content (AvgIpc) is 2.97. The number of aromatic nitrogens is 1. The molecule has 2 heterocycles. The van der Waals surface area contributed by atoms with Gasteiger partial charge in [0.15, 0.2) is 5.13 Å². The van der Waals surface area contributed by atoms with E-state index in [9.17, 15) is 15.0 Å². The van der Waals surface area contributed by atoms with E-state index in [0.29, 0.717) is 11.7 Å². The Kier molecular flexibility index (Phi) is 2.96. The Balaban J connectivity index is 1.87. The van der Waals surface area contributed by atoms with Gasteiger partial charge >= 0.3 is 0 Å². The third-order valence-corrected chi connectivity index (χ3v) is 3.85. The van der Waals surface area contributed by atoms with Gasteiger partial charge in [-0.05, 0) is 24.3 Å². The Morgan fingerprint density at radius 3 is 2.68 bits per heavy atom. The van der Waals surface area contributed by atoms with Gasteiger partial charge in [0.1, 0.15) is 5.75 Å². The average molecular weight is 276 g/mol. The molecule has 1 aliphatic rings. The summed E-state index contributed by atoms with van der Waals surface area (Å²) in [6.07, 6.45) is -0.442. The van der Waals surface area contributed by atoms with Crippen molar-refractivity contribution in [3.8, 4) is 17.0 Å². The predicted octanol–water partition coefficient (Wildman–Crippen LogP) is 1.61. The van der Waals surface area contributed by atoms with E-state index in [0.717, 1.165) is 11.3 Å². The van der Waals surface area contributed by atoms with Crippen molar-refractivity contribution in [2.45, 2.75) is 12.5 Å². The number of hydrogen-bond acceptors (Lipinski definition) is 5. The number of carbonyl (C=O) groups is 1. The molecule has 2 aromatic rings. The number of carbonyl (C=O) groups excluding carboxylic acids is 1. The largest absolute Gasteiger partial charge is 0.508 e. The maximum atomic E-state index is 11.7. The van der Waals surface area contributed by atoms with Crippen LogP contribution in [0.3, 0.4) is 0 Å². The summed E-state index contributed by atoms with van der Waals surface area (Å²) >= 11 is 1.37. The molecule has 5 nitrogen and oxygen atoms in total. The molecule has 0 bridgehead atoms. The second-order valence-corrected chi connectivity index (χ2v) is 5.26. The van der Waals surface area contributed by atoms with E-state index in [1.807, 2.05) is 5.38 Å². The number of phenols is 1. The molecule has 3 rings (SSSR count). The second kappa shape index (κ2) is 4.64. The molecule has 0 saturated carbocycles. The number of anilines is 1. The van der Waals surface area contributed by atoms with Crippen LogP contribution in [-0.2, 0) is 4.79 Å². The Labute approximate surface area is 113 Å². The predicted molar refractivity (Wildman–Crippen MR) is 72.2 cm³/mol. The first-order valence-electron chi connectivity index (χ1n) is 5.87. The zero-order chi connectivity index (χ0) is 13.4. The molecule has 0 radical (unpaired) electrons. The van der Waals surface area contributed by atoms with Crippen LogP contribution < -0.4 is 4.90 Å². The summed E-state index contributed by atoms with van der Waals surface area (Å²) in [7, 11) is 0. The number of thiazole rings is 1. The van der Waals surface area contributed by atoms with Crippen LogP contribution in [0.15, 0.2) is 29.6 Å². The highest BCUT2D eigenvalue weighted by atomic mass is 32.1. The van der Waals surface area contributed by atoms with Gasteiger partial charge in [0.2, 0.25) is 5.91 Å². The highest BCUT2D eigenvalue weighted by molar-refractivity contribution is 7.14. The standard InChI is InChI=1S/C13H12N2O3S/c16-9-3-1-8(2-4-9)11-7-19-13(14-11)15-6-10(17)5-12(15)18/h1-4,7,10,16-17H,5-6H2. The molecule has 0 aliphatic carbocycles. The SMILES string of the molecule is O=C1CC(O)CN1c1nc(-c2ccc(O)cc2)cs1. The maximum Gasteiger partial charge on any atom is 0.231 e. The van der Waals surface area contributed by atoms with Gasteiger partial charge in [-0.1, -0.05) is 0 Å². The first-order valence-corrected chi connectivity index (χ1v) is 6.75. The fourth-order valence-corrected chi connectivity index (χ4v) is 2.89. The minimum atomic E-state index is -0.603. The fraction of sp³-hybridized carbons (Fsp3) is 0.231. The molecule has 1 fully saturated rings. The molecule has 19 heavy (non-hydrogen) atoms. The normalized spacial score (nSPS) is 19.1. The summed E-state index contributed by atoms with van der Waals surface area (Å²) in [6, 6.07) is 6.74. The lowest BCUT2D eigenvalue weighted by Crippen LogP contribution is -2.24. The Morgan fingerprint density at radius 1 is 1.32 bits per heavy atom. The Morgan fingerprint density at radius 2 is 2.05 bits per heavy atom. The molecule has 0 spiro atoms. The molecule has 1 atom stereocenters. The number of phenolic OH excluding ortho intramolecular Hbond substituents is 1. The summed E-state index contributed by atoms with van der Waals surface area (Å²) in [5, 5.41) is 21.2. The van der Waals surface area contributed by atoms with E-state index in [2.05, 4.69) is 4.98 Å². The minimum Gasteiger partial charge on any atom is -0.508 e. The van der Waals surface area contributed by atoms with Crippen LogP contribution in [0.25, 0.3) is 11.3 Å². The number of nitrogens with zero attached hydrogens (tertiary/aromatic N) is 2. The third-order valence-electron chi connectivity index (χ3n) is 2.99. The van der Waals surface area contributed by atoms with Crippen molar-refractivity contribution >= 4 is 22.4 Å². The number of β-amino-alcohol motifs (C(OH)–C–C–N with tert-alkyl or cyclic N) is 1. The summed E-state index contributed by atoms with van der Waals surface area (Å²) in [5.74, 6) is 0.108. The van der Waals surface area contributed by atoms with Gasteiger partial charge in [-0.15, -0.1) is 11.3 Å². The van der Waals surface area contributed by atoms with Crippen LogP contribution in [0.1, 0.15) is 6.42 Å². The minimum absolute atomic E-state index is 0.0980. The monoisotopic (exact) mass is 276 g/mol. The zero-order valence-electron chi connectivity index (χ0n) is 9.98. The molecule has 6 heteroatoms. The first-order chi connectivity index (χ1) is 9.13. The Hall–Kier alpha value is -1.92. The van der Waals surface area contributed by atoms with Crippen molar-refractivity contribution in [2.75, 3.05) is 11.4 Å². The molecule has 2 N–H and O–H groups in total. The lowest BCUT2D eigenvalue weighted by Gasteiger charge is -2.10. The lowest BCUT2D eigenvalue weighted by molar-refractivity contribution is -0.117. The van der Waals surface area contributed by atoms with Crippen molar-refractivity contribution in [3.63, 3.8) is 0 Å².